The molecule has 0 radical (unpaired) electrons. The molecule has 5 nitrogen and oxygen atoms in total. The second kappa shape index (κ2) is 6.99. The van der Waals surface area contributed by atoms with Crippen molar-refractivity contribution in [2.24, 2.45) is 0 Å². The quantitative estimate of drug-likeness (QED) is 0.822. The van der Waals surface area contributed by atoms with Gasteiger partial charge in [-0.05, 0) is 6.07 Å². The van der Waals surface area contributed by atoms with Gasteiger partial charge in [0.05, 0.1) is 5.69 Å². The van der Waals surface area contributed by atoms with Crippen LogP contribution in [0.2, 0.25) is 0 Å². The summed E-state index contributed by atoms with van der Waals surface area (Å²) in [7, 11) is 0. The molecule has 4 rings (SSSR count). The summed E-state index contributed by atoms with van der Waals surface area (Å²) in [5.74, 6) is -2.80. The molecule has 27 heavy (non-hydrogen) atoms. The fraction of sp³-hybridized carbons (Fsp3) is 0.474. The molecular weight excluding hydrogens is 359 g/mol. The highest BCUT2D eigenvalue weighted by atomic mass is 19.3. The summed E-state index contributed by atoms with van der Waals surface area (Å²) in [4.78, 5) is 20.2. The molecule has 2 aromatic rings. The first kappa shape index (κ1) is 18.0. The number of amides is 1. The summed E-state index contributed by atoms with van der Waals surface area (Å²) in [6.45, 7) is 1.57. The van der Waals surface area contributed by atoms with Gasteiger partial charge in [-0.25, -0.2) is 18.2 Å². The van der Waals surface area contributed by atoms with Crippen LogP contribution in [0.1, 0.15) is 40.5 Å². The third kappa shape index (κ3) is 3.85. The molecule has 144 valence electrons. The van der Waals surface area contributed by atoms with Crippen LogP contribution in [-0.4, -0.2) is 46.2 Å². The first-order chi connectivity index (χ1) is 12.9. The third-order valence-corrected chi connectivity index (χ3v) is 5.12. The number of likely N-dealkylation sites (tertiary alicyclic amines) is 1. The van der Waals surface area contributed by atoms with Crippen LogP contribution < -0.4 is 0 Å². The van der Waals surface area contributed by atoms with Crippen molar-refractivity contribution in [2.75, 3.05) is 19.6 Å². The van der Waals surface area contributed by atoms with Gasteiger partial charge < -0.3 is 9.32 Å². The van der Waals surface area contributed by atoms with Gasteiger partial charge in [0, 0.05) is 57.5 Å². The average Bonchev–Trinajstić information content (AvgIpc) is 3.06. The first-order valence-corrected chi connectivity index (χ1v) is 9.03. The number of carbonyl (C=O) groups excluding carboxylic acids is 1. The number of piperidine rings is 1. The maximum Gasteiger partial charge on any atom is 0.309 e. The highest BCUT2D eigenvalue weighted by Gasteiger charge is 2.37. The molecule has 0 atom stereocenters. The fourth-order valence-electron chi connectivity index (χ4n) is 3.52. The van der Waals surface area contributed by atoms with E-state index in [0.717, 1.165) is 0 Å². The van der Waals surface area contributed by atoms with Crippen LogP contribution >= 0.6 is 0 Å². The molecular formula is C19H20F3N3O2. The summed E-state index contributed by atoms with van der Waals surface area (Å²) in [5, 5.41) is 0. The minimum Gasteiger partial charge on any atom is -0.437 e. The Morgan fingerprint density at radius 2 is 1.93 bits per heavy atom. The zero-order valence-corrected chi connectivity index (χ0v) is 14.8. The molecule has 0 saturated carbocycles. The molecule has 0 bridgehead atoms. The summed E-state index contributed by atoms with van der Waals surface area (Å²) in [5.41, 5.74) is 1.26. The van der Waals surface area contributed by atoms with Gasteiger partial charge in [0.1, 0.15) is 11.6 Å². The van der Waals surface area contributed by atoms with E-state index in [9.17, 15) is 18.0 Å². The van der Waals surface area contributed by atoms with Crippen LogP contribution in [0, 0.1) is 5.82 Å². The maximum atomic E-state index is 13.8. The van der Waals surface area contributed by atoms with E-state index >= 15 is 0 Å². The number of nitrogens with zero attached hydrogens (tertiary/aromatic N) is 3. The van der Waals surface area contributed by atoms with Gasteiger partial charge in [-0.15, -0.1) is 0 Å². The first-order valence-electron chi connectivity index (χ1n) is 9.03. The number of aromatic nitrogens is 1. The van der Waals surface area contributed by atoms with E-state index in [-0.39, 0.29) is 37.6 Å². The summed E-state index contributed by atoms with van der Waals surface area (Å²) >= 11 is 0. The van der Waals surface area contributed by atoms with Crippen LogP contribution in [0.5, 0.6) is 0 Å². The molecule has 1 aromatic carbocycles. The van der Waals surface area contributed by atoms with Crippen LogP contribution in [0.15, 0.2) is 28.7 Å². The number of oxazole rings is 1. The zero-order chi connectivity index (χ0) is 19.0. The lowest BCUT2D eigenvalue weighted by Gasteiger charge is -2.30. The van der Waals surface area contributed by atoms with Crippen molar-refractivity contribution in [3.05, 3.63) is 53.0 Å². The van der Waals surface area contributed by atoms with Crippen molar-refractivity contribution in [3.8, 4) is 0 Å². The van der Waals surface area contributed by atoms with Gasteiger partial charge in [0.25, 0.3) is 11.8 Å². The van der Waals surface area contributed by atoms with E-state index in [2.05, 4.69) is 4.98 Å². The van der Waals surface area contributed by atoms with E-state index < -0.39 is 11.8 Å². The molecule has 1 aromatic heterocycles. The monoisotopic (exact) mass is 379 g/mol. The number of benzene rings is 1. The van der Waals surface area contributed by atoms with E-state index in [0.29, 0.717) is 43.1 Å². The fourth-order valence-corrected chi connectivity index (χ4v) is 3.52. The molecule has 8 heteroatoms. The van der Waals surface area contributed by atoms with Crippen molar-refractivity contribution in [3.63, 3.8) is 0 Å². The Bertz CT molecular complexity index is 842. The van der Waals surface area contributed by atoms with Crippen molar-refractivity contribution < 1.29 is 22.4 Å². The second-order valence-corrected chi connectivity index (χ2v) is 7.09. The number of carbonyl (C=O) groups is 1. The lowest BCUT2D eigenvalue weighted by molar-refractivity contribution is -0.0499. The Hall–Kier alpha value is -2.35. The summed E-state index contributed by atoms with van der Waals surface area (Å²) in [6, 6.07) is 6.62. The lowest BCUT2D eigenvalue weighted by atomic mass is 10.1. The minimum absolute atomic E-state index is 0.00170. The second-order valence-electron chi connectivity index (χ2n) is 7.09. The number of fused-ring (bicyclic) bond motifs is 1. The van der Waals surface area contributed by atoms with Crippen molar-refractivity contribution in [2.45, 2.75) is 38.3 Å². The van der Waals surface area contributed by atoms with Crippen LogP contribution in [0.3, 0.4) is 0 Å². The Morgan fingerprint density at radius 3 is 2.67 bits per heavy atom. The number of halogens is 3. The smallest absolute Gasteiger partial charge is 0.309 e. The number of hydrogen-bond acceptors (Lipinski definition) is 4. The summed E-state index contributed by atoms with van der Waals surface area (Å²) < 4.78 is 46.0. The normalized spacial score (nSPS) is 19.7. The highest BCUT2D eigenvalue weighted by molar-refractivity contribution is 5.89. The molecule has 0 N–H and O–H groups in total. The number of hydrogen-bond donors (Lipinski definition) is 0. The van der Waals surface area contributed by atoms with E-state index in [1.165, 1.54) is 11.0 Å². The Balaban J connectivity index is 1.43. The molecule has 3 heterocycles. The zero-order valence-electron chi connectivity index (χ0n) is 14.8. The van der Waals surface area contributed by atoms with Gasteiger partial charge in [-0.2, -0.15) is 0 Å². The Kier molecular flexibility index (Phi) is 4.67. The molecule has 2 aliphatic rings. The van der Waals surface area contributed by atoms with E-state index in [1.54, 1.807) is 18.2 Å². The molecule has 0 spiro atoms. The van der Waals surface area contributed by atoms with Gasteiger partial charge in [-0.3, -0.25) is 9.69 Å². The molecule has 1 amide bonds. The number of alkyl halides is 2. The highest BCUT2D eigenvalue weighted by Crippen LogP contribution is 2.29. The molecule has 2 aliphatic heterocycles. The van der Waals surface area contributed by atoms with Crippen molar-refractivity contribution >= 4 is 5.91 Å². The third-order valence-electron chi connectivity index (χ3n) is 5.12. The van der Waals surface area contributed by atoms with Crippen LogP contribution in [0.4, 0.5) is 13.2 Å². The van der Waals surface area contributed by atoms with Crippen molar-refractivity contribution in [1.82, 2.24) is 14.8 Å². The molecule has 0 unspecified atom stereocenters. The van der Waals surface area contributed by atoms with Gasteiger partial charge in [0.15, 0.2) is 0 Å². The standard InChI is InChI=1S/C19H20F3N3O2/c20-14-4-2-1-3-13(14)11-24-8-5-16-15(12-24)23-17(27-16)18(26)25-9-6-19(21,22)7-10-25/h1-4H,5-12H2. The minimum atomic E-state index is -2.71. The van der Waals surface area contributed by atoms with E-state index in [4.69, 9.17) is 4.42 Å². The Labute approximate surface area is 154 Å². The maximum absolute atomic E-state index is 13.8. The van der Waals surface area contributed by atoms with Crippen LogP contribution in [0.25, 0.3) is 0 Å². The van der Waals surface area contributed by atoms with E-state index in [1.807, 2.05) is 4.90 Å². The van der Waals surface area contributed by atoms with Crippen LogP contribution in [-0.2, 0) is 19.5 Å². The van der Waals surface area contributed by atoms with Gasteiger partial charge in [0.2, 0.25) is 0 Å². The number of rotatable bonds is 3. The Morgan fingerprint density at radius 1 is 1.19 bits per heavy atom. The molecule has 1 saturated heterocycles. The molecule has 1 fully saturated rings. The summed E-state index contributed by atoms with van der Waals surface area (Å²) in [6.07, 6.45) is -0.104. The SMILES string of the molecule is O=C(c1nc2c(o1)CCN(Cc1ccccc1F)C2)N1CCC(F)(F)CC1. The lowest BCUT2D eigenvalue weighted by Crippen LogP contribution is -2.42. The van der Waals surface area contributed by atoms with Crippen molar-refractivity contribution in [1.29, 1.82) is 0 Å². The molecule has 0 aliphatic carbocycles. The van der Waals surface area contributed by atoms with Gasteiger partial charge >= 0.3 is 5.91 Å². The average molecular weight is 379 g/mol. The largest absolute Gasteiger partial charge is 0.437 e. The van der Waals surface area contributed by atoms with Gasteiger partial charge in [-0.1, -0.05) is 18.2 Å². The predicted octanol–water partition coefficient (Wildman–Crippen LogP) is 3.24. The topological polar surface area (TPSA) is 49.6 Å². The predicted molar refractivity (Wildman–Crippen MR) is 90.8 cm³/mol.